The topological polar surface area (TPSA) is 77.1 Å². The van der Waals surface area contributed by atoms with Crippen LogP contribution in [0.3, 0.4) is 0 Å². The molecule has 1 aliphatic heterocycles. The van der Waals surface area contributed by atoms with Gasteiger partial charge in [-0.2, -0.15) is 0 Å². The Morgan fingerprint density at radius 1 is 1.34 bits per heavy atom. The van der Waals surface area contributed by atoms with E-state index in [0.29, 0.717) is 5.70 Å². The Morgan fingerprint density at radius 2 is 2.06 bits per heavy atom. The zero-order chi connectivity index (χ0) is 23.5. The largest absolute Gasteiger partial charge is 0.522 e. The molecule has 0 aromatic heterocycles. The van der Waals surface area contributed by atoms with E-state index < -0.39 is 36.4 Å². The number of halogens is 5. The first-order valence-corrected chi connectivity index (χ1v) is 10.1. The van der Waals surface area contributed by atoms with E-state index in [1.54, 1.807) is 0 Å². The monoisotopic (exact) mass is 480 g/mol. The third-order valence-corrected chi connectivity index (χ3v) is 5.44. The molecule has 1 atom stereocenters. The van der Waals surface area contributed by atoms with Crippen LogP contribution in [0.4, 0.5) is 22.4 Å². The number of hydrogen-bond acceptors (Lipinski definition) is 5. The van der Waals surface area contributed by atoms with Crippen LogP contribution in [0.2, 0.25) is 5.02 Å². The molecule has 7 nitrogen and oxygen atoms in total. The molecule has 1 saturated heterocycles. The highest BCUT2D eigenvalue weighted by Crippen LogP contribution is 2.39. The lowest BCUT2D eigenvalue weighted by Gasteiger charge is -2.37. The average molecular weight is 481 g/mol. The van der Waals surface area contributed by atoms with Crippen molar-refractivity contribution >= 4 is 23.6 Å². The van der Waals surface area contributed by atoms with Crippen LogP contribution in [-0.4, -0.2) is 55.2 Å². The van der Waals surface area contributed by atoms with Crippen molar-refractivity contribution in [3.63, 3.8) is 0 Å². The van der Waals surface area contributed by atoms with Gasteiger partial charge in [-0.05, 0) is 25.0 Å². The highest BCUT2D eigenvalue weighted by atomic mass is 35.5. The lowest BCUT2D eigenvalue weighted by molar-refractivity contribution is -0.355. The van der Waals surface area contributed by atoms with Crippen LogP contribution in [0, 0.1) is 11.7 Å². The Morgan fingerprint density at radius 3 is 2.72 bits per heavy atom. The fourth-order valence-electron chi connectivity index (χ4n) is 3.44. The fourth-order valence-corrected chi connectivity index (χ4v) is 3.55. The van der Waals surface area contributed by atoms with Crippen molar-refractivity contribution in [2.24, 2.45) is 5.92 Å². The number of hydrogen-bond donors (Lipinski definition) is 1. The summed E-state index contributed by atoms with van der Waals surface area (Å²) in [7, 11) is 0. The van der Waals surface area contributed by atoms with Gasteiger partial charge in [0.05, 0.1) is 17.7 Å². The molecule has 1 unspecified atom stereocenters. The molecule has 1 heterocycles. The van der Waals surface area contributed by atoms with E-state index in [9.17, 15) is 27.2 Å². The second kappa shape index (κ2) is 9.95. The smallest absolute Gasteiger partial charge is 0.484 e. The Kier molecular flexibility index (Phi) is 7.50. The van der Waals surface area contributed by atoms with Gasteiger partial charge in [0, 0.05) is 30.6 Å². The quantitative estimate of drug-likeness (QED) is 0.540. The van der Waals surface area contributed by atoms with Gasteiger partial charge in [-0.3, -0.25) is 9.53 Å². The van der Waals surface area contributed by atoms with E-state index in [-0.39, 0.29) is 55.6 Å². The zero-order valence-electron chi connectivity index (χ0n) is 16.8. The van der Waals surface area contributed by atoms with Gasteiger partial charge in [-0.1, -0.05) is 18.2 Å². The molecule has 0 radical (unpaired) electrons. The molecular formula is C20H21ClF4N2O5. The number of alkyl halides is 3. The highest BCUT2D eigenvalue weighted by molar-refractivity contribution is 6.30. The van der Waals surface area contributed by atoms with Gasteiger partial charge >= 0.3 is 12.5 Å². The summed E-state index contributed by atoms with van der Waals surface area (Å²) < 4.78 is 64.4. The molecule has 1 N–H and O–H groups in total. The summed E-state index contributed by atoms with van der Waals surface area (Å²) in [6, 6.07) is 3.78. The molecule has 32 heavy (non-hydrogen) atoms. The molecule has 2 aliphatic rings. The number of benzene rings is 1. The first-order chi connectivity index (χ1) is 15.0. The van der Waals surface area contributed by atoms with Crippen molar-refractivity contribution in [3.05, 3.63) is 41.3 Å². The van der Waals surface area contributed by atoms with Crippen LogP contribution < -0.4 is 10.1 Å². The second-order valence-electron chi connectivity index (χ2n) is 7.55. The number of amides is 2. The Balaban J connectivity index is 1.34. The van der Waals surface area contributed by atoms with Crippen molar-refractivity contribution in [1.82, 2.24) is 10.2 Å². The number of nitrogens with one attached hydrogen (secondary N) is 1. The lowest BCUT2D eigenvalue weighted by atomic mass is 9.78. The number of nitrogens with zero attached hydrogens (tertiary/aromatic N) is 1. The van der Waals surface area contributed by atoms with E-state index in [4.69, 9.17) is 21.1 Å². The summed E-state index contributed by atoms with van der Waals surface area (Å²) in [5, 5.41) is 2.45. The van der Waals surface area contributed by atoms with Crippen molar-refractivity contribution in [2.45, 2.75) is 37.8 Å². The molecular weight excluding hydrogens is 460 g/mol. The molecule has 1 saturated carbocycles. The first-order valence-electron chi connectivity index (χ1n) is 9.75. The molecule has 2 fully saturated rings. The second-order valence-corrected chi connectivity index (χ2v) is 7.96. The summed E-state index contributed by atoms with van der Waals surface area (Å²) in [5.74, 6) is -1.24. The van der Waals surface area contributed by atoms with Gasteiger partial charge in [0.15, 0.2) is 6.61 Å². The maximum Gasteiger partial charge on any atom is 0.522 e. The molecule has 176 valence electrons. The number of carbonyl (C=O) groups is 2. The molecule has 1 aromatic carbocycles. The van der Waals surface area contributed by atoms with Gasteiger partial charge < -0.3 is 19.7 Å². The third kappa shape index (κ3) is 6.73. The summed E-state index contributed by atoms with van der Waals surface area (Å²) >= 11 is 5.57. The van der Waals surface area contributed by atoms with Crippen LogP contribution >= 0.6 is 11.6 Å². The number of cyclic esters (lactones) is 1. The van der Waals surface area contributed by atoms with Crippen LogP contribution in [0.15, 0.2) is 30.5 Å². The lowest BCUT2D eigenvalue weighted by Crippen LogP contribution is -2.42. The minimum Gasteiger partial charge on any atom is -0.484 e. The maximum absolute atomic E-state index is 13.4. The van der Waals surface area contributed by atoms with Gasteiger partial charge in [0.1, 0.15) is 17.7 Å². The predicted octanol–water partition coefficient (Wildman–Crippen LogP) is 4.01. The average Bonchev–Trinajstić information content (AvgIpc) is 3.03. The first kappa shape index (κ1) is 24.1. The minimum absolute atomic E-state index is 0.0652. The summed E-state index contributed by atoms with van der Waals surface area (Å²) in [4.78, 5) is 25.4. The molecule has 3 rings (SSSR count). The maximum atomic E-state index is 13.4. The van der Waals surface area contributed by atoms with Gasteiger partial charge in [0.25, 0.3) is 5.91 Å². The molecule has 0 spiro atoms. The summed E-state index contributed by atoms with van der Waals surface area (Å²) in [6.07, 6.45) is -6.05. The highest BCUT2D eigenvalue weighted by Gasteiger charge is 2.46. The number of rotatable bonds is 9. The van der Waals surface area contributed by atoms with Gasteiger partial charge in [-0.15, -0.1) is 13.2 Å². The zero-order valence-corrected chi connectivity index (χ0v) is 17.5. The molecule has 1 aromatic rings. The van der Waals surface area contributed by atoms with Crippen LogP contribution in [-0.2, 0) is 14.3 Å². The normalized spacial score (nSPS) is 22.8. The van der Waals surface area contributed by atoms with Crippen molar-refractivity contribution in [2.75, 3.05) is 19.7 Å². The Hall–Kier alpha value is -2.53. The van der Waals surface area contributed by atoms with Crippen molar-refractivity contribution in [1.29, 1.82) is 0 Å². The van der Waals surface area contributed by atoms with Gasteiger partial charge in [-0.25, -0.2) is 9.18 Å². The number of ether oxygens (including phenoxy) is 3. The molecule has 2 amide bonds. The SMILES string of the molecule is C=C(CCN1CC(C2CC(OC(F)(F)F)C2)OC1=O)NC(=O)COc1ccc(Cl)c(F)c1. The molecule has 0 bridgehead atoms. The standard InChI is InChI=1S/C20H21ClF4N2O5/c1-11(26-18(28)10-30-13-2-3-15(21)16(22)8-13)4-5-27-9-17(31-19(27)29)12-6-14(7-12)32-20(23,24)25/h2-3,8,12,14,17H,1,4-7,9-10H2,(H,26,28). The van der Waals surface area contributed by atoms with Crippen LogP contribution in [0.5, 0.6) is 5.75 Å². The van der Waals surface area contributed by atoms with E-state index in [1.165, 1.54) is 17.0 Å². The molecule has 1 aliphatic carbocycles. The Labute approximate surface area is 186 Å². The summed E-state index contributed by atoms with van der Waals surface area (Å²) in [6.45, 7) is 3.80. The van der Waals surface area contributed by atoms with Crippen molar-refractivity contribution < 1.29 is 41.4 Å². The number of carbonyl (C=O) groups excluding carboxylic acids is 2. The molecule has 12 heteroatoms. The third-order valence-electron chi connectivity index (χ3n) is 5.13. The fraction of sp³-hybridized carbons (Fsp3) is 0.500. The minimum atomic E-state index is -4.67. The van der Waals surface area contributed by atoms with E-state index in [2.05, 4.69) is 16.6 Å². The van der Waals surface area contributed by atoms with Gasteiger partial charge in [0.2, 0.25) is 0 Å². The van der Waals surface area contributed by atoms with E-state index >= 15 is 0 Å². The summed E-state index contributed by atoms with van der Waals surface area (Å²) in [5.41, 5.74) is 0.333. The van der Waals surface area contributed by atoms with Crippen LogP contribution in [0.1, 0.15) is 19.3 Å². The Bertz CT molecular complexity index is 876. The van der Waals surface area contributed by atoms with E-state index in [1.807, 2.05) is 0 Å². The van der Waals surface area contributed by atoms with E-state index in [0.717, 1.165) is 6.07 Å². The van der Waals surface area contributed by atoms with Crippen LogP contribution in [0.25, 0.3) is 0 Å². The van der Waals surface area contributed by atoms with Crippen molar-refractivity contribution in [3.8, 4) is 5.75 Å². The predicted molar refractivity (Wildman–Crippen MR) is 104 cm³/mol.